The number of anilines is 1. The molecule has 1 fully saturated rings. The quantitative estimate of drug-likeness (QED) is 0.792. The van der Waals surface area contributed by atoms with Gasteiger partial charge in [0.2, 0.25) is 11.9 Å². The van der Waals surface area contributed by atoms with E-state index in [9.17, 15) is 9.18 Å². The van der Waals surface area contributed by atoms with Crippen LogP contribution >= 0.6 is 0 Å². The molecule has 1 amide bonds. The minimum absolute atomic E-state index is 0.143. The molecule has 0 bridgehead atoms. The van der Waals surface area contributed by atoms with Crippen LogP contribution in [0.1, 0.15) is 37.7 Å². The van der Waals surface area contributed by atoms with E-state index in [2.05, 4.69) is 15.5 Å². The normalized spacial score (nSPS) is 16.7. The van der Waals surface area contributed by atoms with E-state index in [0.29, 0.717) is 24.4 Å². The van der Waals surface area contributed by atoms with Crippen LogP contribution in [0.25, 0.3) is 5.65 Å². The largest absolute Gasteiger partial charge is 0.294 e. The second kappa shape index (κ2) is 6.27. The number of carbonyl (C=O) groups excluding carboxylic acids is 1. The molecule has 1 N–H and O–H groups in total. The van der Waals surface area contributed by atoms with E-state index in [-0.39, 0.29) is 11.7 Å². The molecular formula is C19H19FN4O. The van der Waals surface area contributed by atoms with Gasteiger partial charge in [0.25, 0.3) is 0 Å². The van der Waals surface area contributed by atoms with Gasteiger partial charge in [-0.15, -0.1) is 10.2 Å². The molecule has 4 rings (SSSR count). The molecule has 1 aliphatic rings. The van der Waals surface area contributed by atoms with Crippen LogP contribution in [0.3, 0.4) is 0 Å². The number of amides is 1. The van der Waals surface area contributed by atoms with Crippen molar-refractivity contribution in [2.75, 3.05) is 5.32 Å². The molecule has 1 aliphatic carbocycles. The molecule has 1 saturated carbocycles. The van der Waals surface area contributed by atoms with E-state index < -0.39 is 5.41 Å². The topological polar surface area (TPSA) is 59.3 Å². The first-order valence-electron chi connectivity index (χ1n) is 8.56. The summed E-state index contributed by atoms with van der Waals surface area (Å²) in [5.74, 6) is -0.0684. The zero-order chi connectivity index (χ0) is 17.3. The number of hydrogen-bond donors (Lipinski definition) is 1. The Morgan fingerprint density at radius 1 is 1.08 bits per heavy atom. The van der Waals surface area contributed by atoms with Crippen molar-refractivity contribution in [3.63, 3.8) is 0 Å². The van der Waals surface area contributed by atoms with Gasteiger partial charge in [-0.3, -0.25) is 14.5 Å². The van der Waals surface area contributed by atoms with Crippen LogP contribution in [-0.2, 0) is 10.2 Å². The number of fused-ring (bicyclic) bond motifs is 1. The number of nitrogens with one attached hydrogen (secondary N) is 1. The molecule has 2 heterocycles. The molecule has 5 nitrogen and oxygen atoms in total. The summed E-state index contributed by atoms with van der Waals surface area (Å²) in [4.78, 5) is 13.2. The summed E-state index contributed by atoms with van der Waals surface area (Å²) in [5, 5.41) is 11.1. The average molecular weight is 338 g/mol. The molecule has 6 heteroatoms. The van der Waals surface area contributed by atoms with Gasteiger partial charge in [-0.1, -0.05) is 37.5 Å². The Morgan fingerprint density at radius 2 is 1.92 bits per heavy atom. The van der Waals surface area contributed by atoms with E-state index in [1.807, 2.05) is 24.3 Å². The van der Waals surface area contributed by atoms with E-state index in [1.54, 1.807) is 16.7 Å². The zero-order valence-corrected chi connectivity index (χ0v) is 13.8. The standard InChI is InChI=1S/C19H19FN4O/c20-15-8-6-7-14(13-15)19(10-3-1-4-11-19)17(25)21-18-23-22-16-9-2-5-12-24(16)18/h2,5-9,12-13H,1,3-4,10-11H2,(H,21,23,25). The molecule has 3 aromatic rings. The SMILES string of the molecule is O=C(Nc1nnc2ccccn12)C1(c2cccc(F)c2)CCCCC1. The molecule has 1 aromatic carbocycles. The minimum Gasteiger partial charge on any atom is -0.294 e. The highest BCUT2D eigenvalue weighted by molar-refractivity contribution is 5.98. The summed E-state index contributed by atoms with van der Waals surface area (Å²) in [6.45, 7) is 0. The molecule has 0 aliphatic heterocycles. The molecule has 0 unspecified atom stereocenters. The third kappa shape index (κ3) is 2.77. The summed E-state index contributed by atoms with van der Waals surface area (Å²) in [5.41, 5.74) is 0.681. The summed E-state index contributed by atoms with van der Waals surface area (Å²) < 4.78 is 15.5. The maximum absolute atomic E-state index is 13.8. The van der Waals surface area contributed by atoms with Gasteiger partial charge in [-0.05, 0) is 42.7 Å². The molecule has 0 saturated heterocycles. The maximum Gasteiger partial charge on any atom is 0.237 e. The fourth-order valence-corrected chi connectivity index (χ4v) is 3.74. The third-order valence-corrected chi connectivity index (χ3v) is 5.06. The first-order chi connectivity index (χ1) is 12.2. The number of benzene rings is 1. The van der Waals surface area contributed by atoms with E-state index in [1.165, 1.54) is 12.1 Å². The Morgan fingerprint density at radius 3 is 2.72 bits per heavy atom. The predicted octanol–water partition coefficient (Wildman–Crippen LogP) is 3.71. The second-order valence-corrected chi connectivity index (χ2v) is 6.56. The van der Waals surface area contributed by atoms with Gasteiger partial charge in [-0.25, -0.2) is 4.39 Å². The molecule has 0 radical (unpaired) electrons. The van der Waals surface area contributed by atoms with Crippen LogP contribution in [0.5, 0.6) is 0 Å². The van der Waals surface area contributed by atoms with Crippen molar-refractivity contribution in [1.29, 1.82) is 0 Å². The average Bonchev–Trinajstić information content (AvgIpc) is 3.05. The molecule has 2 aromatic heterocycles. The smallest absolute Gasteiger partial charge is 0.237 e. The van der Waals surface area contributed by atoms with Crippen molar-refractivity contribution < 1.29 is 9.18 Å². The summed E-state index contributed by atoms with van der Waals surface area (Å²) in [7, 11) is 0. The lowest BCUT2D eigenvalue weighted by molar-refractivity contribution is -0.122. The molecular weight excluding hydrogens is 319 g/mol. The highest BCUT2D eigenvalue weighted by Gasteiger charge is 2.41. The fourth-order valence-electron chi connectivity index (χ4n) is 3.74. The summed E-state index contributed by atoms with van der Waals surface area (Å²) >= 11 is 0. The number of rotatable bonds is 3. The van der Waals surface area contributed by atoms with Crippen LogP contribution in [0.2, 0.25) is 0 Å². The first-order valence-corrected chi connectivity index (χ1v) is 8.56. The predicted molar refractivity (Wildman–Crippen MR) is 92.8 cm³/mol. The molecule has 0 spiro atoms. The van der Waals surface area contributed by atoms with Crippen molar-refractivity contribution in [3.8, 4) is 0 Å². The zero-order valence-electron chi connectivity index (χ0n) is 13.8. The van der Waals surface area contributed by atoms with E-state index in [0.717, 1.165) is 24.8 Å². The van der Waals surface area contributed by atoms with Crippen LogP contribution in [0.4, 0.5) is 10.3 Å². The number of hydrogen-bond acceptors (Lipinski definition) is 3. The minimum atomic E-state index is -0.721. The molecule has 0 atom stereocenters. The Kier molecular flexibility index (Phi) is 3.95. The van der Waals surface area contributed by atoms with Crippen molar-refractivity contribution in [3.05, 3.63) is 60.0 Å². The van der Waals surface area contributed by atoms with E-state index >= 15 is 0 Å². The maximum atomic E-state index is 13.8. The Labute approximate surface area is 144 Å². The van der Waals surface area contributed by atoms with Crippen LogP contribution in [-0.4, -0.2) is 20.5 Å². The number of halogens is 1. The number of aromatic nitrogens is 3. The number of nitrogens with zero attached hydrogens (tertiary/aromatic N) is 3. The van der Waals surface area contributed by atoms with Gasteiger partial charge >= 0.3 is 0 Å². The van der Waals surface area contributed by atoms with Crippen molar-refractivity contribution in [2.24, 2.45) is 0 Å². The first kappa shape index (κ1) is 15.7. The van der Waals surface area contributed by atoms with Crippen molar-refractivity contribution in [1.82, 2.24) is 14.6 Å². The van der Waals surface area contributed by atoms with Crippen molar-refractivity contribution in [2.45, 2.75) is 37.5 Å². The lowest BCUT2D eigenvalue weighted by Crippen LogP contribution is -2.42. The Balaban J connectivity index is 1.71. The van der Waals surface area contributed by atoms with Crippen molar-refractivity contribution >= 4 is 17.5 Å². The number of pyridine rings is 1. The van der Waals surface area contributed by atoms with E-state index in [4.69, 9.17) is 0 Å². The highest BCUT2D eigenvalue weighted by atomic mass is 19.1. The van der Waals surface area contributed by atoms with Gasteiger partial charge in [0, 0.05) is 6.20 Å². The lowest BCUT2D eigenvalue weighted by atomic mass is 9.68. The third-order valence-electron chi connectivity index (χ3n) is 5.06. The van der Waals surface area contributed by atoms with Crippen LogP contribution in [0.15, 0.2) is 48.7 Å². The van der Waals surface area contributed by atoms with Gasteiger partial charge < -0.3 is 0 Å². The van der Waals surface area contributed by atoms with Crippen LogP contribution < -0.4 is 5.32 Å². The van der Waals surface area contributed by atoms with Gasteiger partial charge in [0.1, 0.15) is 5.82 Å². The second-order valence-electron chi connectivity index (χ2n) is 6.56. The van der Waals surface area contributed by atoms with Gasteiger partial charge in [-0.2, -0.15) is 0 Å². The van der Waals surface area contributed by atoms with Crippen LogP contribution in [0, 0.1) is 5.82 Å². The summed E-state index contributed by atoms with van der Waals surface area (Å²) in [6.07, 6.45) is 6.21. The highest BCUT2D eigenvalue weighted by Crippen LogP contribution is 2.40. The molecule has 25 heavy (non-hydrogen) atoms. The lowest BCUT2D eigenvalue weighted by Gasteiger charge is -2.36. The fraction of sp³-hybridized carbons (Fsp3) is 0.316. The van der Waals surface area contributed by atoms with Gasteiger partial charge in [0.15, 0.2) is 5.65 Å². The Hall–Kier alpha value is -2.76. The van der Waals surface area contributed by atoms with Gasteiger partial charge in [0.05, 0.1) is 5.41 Å². The Bertz CT molecular complexity index is 914. The molecule has 128 valence electrons. The monoisotopic (exact) mass is 338 g/mol. The number of carbonyl (C=O) groups is 1. The summed E-state index contributed by atoms with van der Waals surface area (Å²) in [6, 6.07) is 11.9.